The van der Waals surface area contributed by atoms with Gasteiger partial charge in [-0.2, -0.15) is 0 Å². The Bertz CT molecular complexity index is 849. The molecule has 0 saturated carbocycles. The van der Waals surface area contributed by atoms with Crippen LogP contribution in [-0.2, 0) is 12.8 Å². The van der Waals surface area contributed by atoms with Crippen molar-refractivity contribution in [3.8, 4) is 0 Å². The third-order valence-electron chi connectivity index (χ3n) is 4.57. The molecule has 0 N–H and O–H groups in total. The second kappa shape index (κ2) is 6.66. The van der Waals surface area contributed by atoms with Crippen LogP contribution in [0.2, 0.25) is 0 Å². The molecule has 0 aliphatic rings. The minimum absolute atomic E-state index is 0.377. The van der Waals surface area contributed by atoms with Crippen LogP contribution >= 0.6 is 0 Å². The highest BCUT2D eigenvalue weighted by atomic mass is 19.2. The van der Waals surface area contributed by atoms with Gasteiger partial charge in [-0.15, -0.1) is 0 Å². The number of benzene rings is 3. The van der Waals surface area contributed by atoms with Crippen molar-refractivity contribution in [2.75, 3.05) is 0 Å². The van der Waals surface area contributed by atoms with Gasteiger partial charge in [0, 0.05) is 5.39 Å². The van der Waals surface area contributed by atoms with Crippen molar-refractivity contribution >= 4 is 21.5 Å². The fourth-order valence-corrected chi connectivity index (χ4v) is 3.15. The summed E-state index contributed by atoms with van der Waals surface area (Å²) < 4.78 is 28.8. The molecule has 23 heavy (non-hydrogen) atoms. The van der Waals surface area contributed by atoms with Crippen LogP contribution in [-0.4, -0.2) is 0 Å². The van der Waals surface area contributed by atoms with Crippen molar-refractivity contribution in [1.29, 1.82) is 0 Å². The van der Waals surface area contributed by atoms with E-state index in [1.807, 2.05) is 12.1 Å². The summed E-state index contributed by atoms with van der Waals surface area (Å²) in [5.74, 6) is -1.39. The van der Waals surface area contributed by atoms with Gasteiger partial charge in [0.2, 0.25) is 0 Å². The molecule has 0 fully saturated rings. The van der Waals surface area contributed by atoms with Crippen LogP contribution in [0.25, 0.3) is 21.5 Å². The van der Waals surface area contributed by atoms with E-state index in [0.29, 0.717) is 17.4 Å². The lowest BCUT2D eigenvalue weighted by molar-refractivity contribution is 0.504. The van der Waals surface area contributed by atoms with E-state index in [-0.39, 0.29) is 0 Å². The van der Waals surface area contributed by atoms with Gasteiger partial charge in [-0.3, -0.25) is 0 Å². The van der Waals surface area contributed by atoms with E-state index in [9.17, 15) is 8.78 Å². The number of rotatable bonds is 5. The first-order chi connectivity index (χ1) is 11.1. The summed E-state index contributed by atoms with van der Waals surface area (Å²) in [6.45, 7) is 4.19. The number of hydrogen-bond donors (Lipinski definition) is 0. The first-order valence-corrected chi connectivity index (χ1v) is 8.47. The van der Waals surface area contributed by atoms with Crippen LogP contribution in [0.3, 0.4) is 0 Å². The van der Waals surface area contributed by atoms with Crippen molar-refractivity contribution in [3.63, 3.8) is 0 Å². The van der Waals surface area contributed by atoms with E-state index in [1.54, 1.807) is 6.07 Å². The Morgan fingerprint density at radius 1 is 0.783 bits per heavy atom. The highest BCUT2D eigenvalue weighted by Crippen LogP contribution is 2.29. The molecule has 0 aliphatic heterocycles. The molecule has 3 aromatic rings. The van der Waals surface area contributed by atoms with Crippen molar-refractivity contribution < 1.29 is 8.78 Å². The third kappa shape index (κ3) is 3.08. The molecule has 120 valence electrons. The van der Waals surface area contributed by atoms with Crippen LogP contribution in [0.5, 0.6) is 0 Å². The number of fused-ring (bicyclic) bond motifs is 2. The Balaban J connectivity index is 2.14. The Hall–Kier alpha value is -1.96. The molecule has 0 radical (unpaired) electrons. The number of unbranched alkanes of at least 4 members (excludes halogenated alkanes) is 2. The van der Waals surface area contributed by atoms with E-state index in [4.69, 9.17) is 0 Å². The van der Waals surface area contributed by atoms with Crippen molar-refractivity contribution in [1.82, 2.24) is 0 Å². The summed E-state index contributed by atoms with van der Waals surface area (Å²) >= 11 is 0. The Labute approximate surface area is 136 Å². The summed E-state index contributed by atoms with van der Waals surface area (Å²) in [5.41, 5.74) is 1.70. The lowest BCUT2D eigenvalue weighted by Crippen LogP contribution is -1.97. The van der Waals surface area contributed by atoms with Crippen molar-refractivity contribution in [2.24, 2.45) is 0 Å². The summed E-state index contributed by atoms with van der Waals surface area (Å²) in [7, 11) is 0. The molecule has 0 atom stereocenters. The van der Waals surface area contributed by atoms with Gasteiger partial charge in [0.1, 0.15) is 0 Å². The number of aryl methyl sites for hydroxylation is 2. The largest absolute Gasteiger partial charge is 0.203 e. The quantitative estimate of drug-likeness (QED) is 0.369. The average molecular weight is 312 g/mol. The van der Waals surface area contributed by atoms with E-state index in [2.05, 4.69) is 32.0 Å². The van der Waals surface area contributed by atoms with Gasteiger partial charge in [0.25, 0.3) is 0 Å². The molecule has 0 aliphatic carbocycles. The van der Waals surface area contributed by atoms with Gasteiger partial charge in [-0.05, 0) is 64.7 Å². The van der Waals surface area contributed by atoms with Gasteiger partial charge in [-0.25, -0.2) is 8.78 Å². The predicted octanol–water partition coefficient (Wildman–Crippen LogP) is 6.57. The highest BCUT2D eigenvalue weighted by molar-refractivity contribution is 5.99. The second-order valence-corrected chi connectivity index (χ2v) is 6.23. The Morgan fingerprint density at radius 2 is 1.61 bits per heavy atom. The van der Waals surface area contributed by atoms with E-state index in [1.165, 1.54) is 5.56 Å². The standard InChI is InChI=1S/C21H22F2/c1-3-5-6-7-16-12-18-11-15-9-8-14(4-2)10-17(15)13-19(18)21(23)20(16)22/h8-13H,3-7H2,1-2H3. The minimum atomic E-state index is -0.710. The van der Waals surface area contributed by atoms with Gasteiger partial charge >= 0.3 is 0 Å². The van der Waals surface area contributed by atoms with Crippen LogP contribution < -0.4 is 0 Å². The zero-order chi connectivity index (χ0) is 16.4. The summed E-state index contributed by atoms with van der Waals surface area (Å²) in [5, 5.41) is 3.20. The van der Waals surface area contributed by atoms with Crippen LogP contribution in [0, 0.1) is 11.6 Å². The molecular weight excluding hydrogens is 290 g/mol. The monoisotopic (exact) mass is 312 g/mol. The van der Waals surface area contributed by atoms with E-state index < -0.39 is 11.6 Å². The van der Waals surface area contributed by atoms with Gasteiger partial charge in [0.05, 0.1) is 0 Å². The minimum Gasteiger partial charge on any atom is -0.203 e. The molecule has 0 nitrogen and oxygen atoms in total. The lowest BCUT2D eigenvalue weighted by atomic mass is 9.97. The highest BCUT2D eigenvalue weighted by Gasteiger charge is 2.14. The maximum atomic E-state index is 14.5. The molecule has 3 rings (SSSR count). The fraction of sp³-hybridized carbons (Fsp3) is 0.333. The molecule has 3 aromatic carbocycles. The Morgan fingerprint density at radius 3 is 2.35 bits per heavy atom. The first-order valence-electron chi connectivity index (χ1n) is 8.47. The lowest BCUT2D eigenvalue weighted by Gasteiger charge is -2.10. The van der Waals surface area contributed by atoms with Crippen molar-refractivity contribution in [3.05, 3.63) is 59.2 Å². The van der Waals surface area contributed by atoms with Gasteiger partial charge in [-0.1, -0.05) is 44.9 Å². The molecular formula is C21H22F2. The molecule has 0 amide bonds. The molecule has 0 aromatic heterocycles. The average Bonchev–Trinajstić information content (AvgIpc) is 2.57. The normalized spacial score (nSPS) is 11.5. The van der Waals surface area contributed by atoms with Gasteiger partial charge in [0.15, 0.2) is 11.6 Å². The summed E-state index contributed by atoms with van der Waals surface area (Å²) in [4.78, 5) is 0. The molecule has 0 heterocycles. The molecule has 0 spiro atoms. The second-order valence-electron chi connectivity index (χ2n) is 6.23. The fourth-order valence-electron chi connectivity index (χ4n) is 3.15. The maximum Gasteiger partial charge on any atom is 0.166 e. The summed E-state index contributed by atoms with van der Waals surface area (Å²) in [6, 6.07) is 11.8. The van der Waals surface area contributed by atoms with E-state index in [0.717, 1.165) is 41.8 Å². The molecule has 0 saturated heterocycles. The number of halogens is 2. The van der Waals surface area contributed by atoms with E-state index >= 15 is 0 Å². The van der Waals surface area contributed by atoms with Crippen LogP contribution in [0.4, 0.5) is 8.78 Å². The zero-order valence-corrected chi connectivity index (χ0v) is 13.8. The van der Waals surface area contributed by atoms with Crippen LogP contribution in [0.1, 0.15) is 44.2 Å². The predicted molar refractivity (Wildman–Crippen MR) is 94.0 cm³/mol. The van der Waals surface area contributed by atoms with Crippen molar-refractivity contribution in [2.45, 2.75) is 46.0 Å². The summed E-state index contributed by atoms with van der Waals surface area (Å²) in [6.07, 6.45) is 4.53. The van der Waals surface area contributed by atoms with Crippen LogP contribution in [0.15, 0.2) is 36.4 Å². The zero-order valence-electron chi connectivity index (χ0n) is 13.8. The molecule has 2 heteroatoms. The molecule has 0 bridgehead atoms. The maximum absolute atomic E-state index is 14.5. The first kappa shape index (κ1) is 15.9. The SMILES string of the molecule is CCCCCc1cc2cc3ccc(CC)cc3cc2c(F)c1F. The smallest absolute Gasteiger partial charge is 0.166 e. The number of hydrogen-bond acceptors (Lipinski definition) is 0. The third-order valence-corrected chi connectivity index (χ3v) is 4.57. The molecule has 0 unspecified atom stereocenters. The Kier molecular flexibility index (Phi) is 4.61. The topological polar surface area (TPSA) is 0 Å². The van der Waals surface area contributed by atoms with Gasteiger partial charge < -0.3 is 0 Å².